The normalized spacial score (nSPS) is 11.4. The molecule has 1 atom stereocenters. The van der Waals surface area contributed by atoms with Crippen LogP contribution in [0.4, 0.5) is 0 Å². The maximum atomic E-state index is 5.26. The van der Waals surface area contributed by atoms with E-state index in [1.807, 2.05) is 30.3 Å². The average molecular weight is 351 g/mol. The van der Waals surface area contributed by atoms with E-state index in [4.69, 9.17) is 4.74 Å². The molecule has 3 heteroatoms. The molecule has 0 bridgehead atoms. The van der Waals surface area contributed by atoms with Crippen LogP contribution in [0, 0.1) is 18.1 Å². The molecular weight excluding hydrogens is 332 g/mol. The molecule has 0 fully saturated rings. The number of ether oxygens (including phenoxy) is 1. The molecular formula is C21H18OS2. The molecule has 1 heterocycles. The van der Waals surface area contributed by atoms with Crippen molar-refractivity contribution < 1.29 is 4.74 Å². The van der Waals surface area contributed by atoms with Crippen LogP contribution in [0.1, 0.15) is 21.2 Å². The monoisotopic (exact) mass is 350 g/mol. The van der Waals surface area contributed by atoms with Gasteiger partial charge in [0.1, 0.15) is 5.75 Å². The van der Waals surface area contributed by atoms with Crippen molar-refractivity contribution in [1.82, 2.24) is 0 Å². The van der Waals surface area contributed by atoms with Crippen molar-refractivity contribution >= 4 is 23.1 Å². The standard InChI is InChI=1S/C21H18OS2/c1-16-8-13-21(24-16)20(17-9-11-18(22-2)12-10-17)14-15-23-19-6-4-3-5-7-19/h3-13,20H,1-2H3. The molecule has 0 aliphatic heterocycles. The highest BCUT2D eigenvalue weighted by Gasteiger charge is 2.13. The van der Waals surface area contributed by atoms with E-state index in [0.717, 1.165) is 5.75 Å². The Bertz CT molecular complexity index is 839. The van der Waals surface area contributed by atoms with Crippen molar-refractivity contribution in [2.24, 2.45) is 0 Å². The van der Waals surface area contributed by atoms with Gasteiger partial charge in [-0.05, 0) is 65.9 Å². The van der Waals surface area contributed by atoms with Gasteiger partial charge >= 0.3 is 0 Å². The first kappa shape index (κ1) is 16.7. The van der Waals surface area contributed by atoms with Crippen molar-refractivity contribution in [1.29, 1.82) is 0 Å². The predicted octanol–water partition coefficient (Wildman–Crippen LogP) is 5.95. The van der Waals surface area contributed by atoms with E-state index in [1.165, 1.54) is 20.2 Å². The maximum Gasteiger partial charge on any atom is 0.118 e. The minimum absolute atomic E-state index is 0.0887. The quantitative estimate of drug-likeness (QED) is 0.425. The zero-order valence-electron chi connectivity index (χ0n) is 13.7. The Hall–Kier alpha value is -2.15. The van der Waals surface area contributed by atoms with Gasteiger partial charge in [-0.2, -0.15) is 0 Å². The van der Waals surface area contributed by atoms with Gasteiger partial charge in [-0.1, -0.05) is 36.3 Å². The molecule has 1 nitrogen and oxygen atoms in total. The number of rotatable bonds is 4. The first-order chi connectivity index (χ1) is 11.8. The molecule has 0 saturated carbocycles. The van der Waals surface area contributed by atoms with Gasteiger partial charge in [-0.25, -0.2) is 0 Å². The van der Waals surface area contributed by atoms with Crippen LogP contribution in [0.5, 0.6) is 5.75 Å². The molecule has 2 aromatic carbocycles. The molecule has 0 radical (unpaired) electrons. The van der Waals surface area contributed by atoms with Gasteiger partial charge in [0.25, 0.3) is 0 Å². The summed E-state index contributed by atoms with van der Waals surface area (Å²) in [6.45, 7) is 2.13. The topological polar surface area (TPSA) is 9.23 Å². The third-order valence-electron chi connectivity index (χ3n) is 3.61. The molecule has 0 aliphatic carbocycles. The highest BCUT2D eigenvalue weighted by molar-refractivity contribution is 8.03. The smallest absolute Gasteiger partial charge is 0.118 e. The first-order valence-corrected chi connectivity index (χ1v) is 9.32. The Morgan fingerprint density at radius 1 is 0.958 bits per heavy atom. The van der Waals surface area contributed by atoms with E-state index in [0.29, 0.717) is 0 Å². The SMILES string of the molecule is COc1ccc(C(C#CSc2ccccc2)c2ccc(C)s2)cc1. The molecule has 0 N–H and O–H groups in total. The lowest BCUT2D eigenvalue weighted by molar-refractivity contribution is 0.414. The predicted molar refractivity (Wildman–Crippen MR) is 104 cm³/mol. The van der Waals surface area contributed by atoms with E-state index in [2.05, 4.69) is 54.5 Å². The molecule has 24 heavy (non-hydrogen) atoms. The molecule has 3 aromatic rings. The van der Waals surface area contributed by atoms with Crippen LogP contribution in [0.3, 0.4) is 0 Å². The Morgan fingerprint density at radius 2 is 1.71 bits per heavy atom. The van der Waals surface area contributed by atoms with Crippen molar-refractivity contribution in [3.8, 4) is 16.9 Å². The van der Waals surface area contributed by atoms with Crippen LogP contribution in [-0.4, -0.2) is 7.11 Å². The Kier molecular flexibility index (Phi) is 5.63. The van der Waals surface area contributed by atoms with E-state index < -0.39 is 0 Å². The van der Waals surface area contributed by atoms with Gasteiger partial charge in [-0.3, -0.25) is 0 Å². The number of methoxy groups -OCH3 is 1. The highest BCUT2D eigenvalue weighted by Crippen LogP contribution is 2.31. The fourth-order valence-corrected chi connectivity index (χ4v) is 3.90. The fourth-order valence-electron chi connectivity index (χ4n) is 2.36. The van der Waals surface area contributed by atoms with E-state index >= 15 is 0 Å². The summed E-state index contributed by atoms with van der Waals surface area (Å²) in [6.07, 6.45) is 0. The van der Waals surface area contributed by atoms with Gasteiger partial charge in [0.2, 0.25) is 0 Å². The van der Waals surface area contributed by atoms with Gasteiger partial charge in [0.05, 0.1) is 13.0 Å². The largest absolute Gasteiger partial charge is 0.497 e. The second kappa shape index (κ2) is 8.10. The van der Waals surface area contributed by atoms with Crippen molar-refractivity contribution in [2.45, 2.75) is 17.7 Å². The Morgan fingerprint density at radius 3 is 2.33 bits per heavy atom. The summed E-state index contributed by atoms with van der Waals surface area (Å²) in [6, 6.07) is 22.8. The lowest BCUT2D eigenvalue weighted by Gasteiger charge is -2.10. The van der Waals surface area contributed by atoms with Crippen LogP contribution in [-0.2, 0) is 0 Å². The fraction of sp³-hybridized carbons (Fsp3) is 0.143. The van der Waals surface area contributed by atoms with Crippen LogP contribution >= 0.6 is 23.1 Å². The van der Waals surface area contributed by atoms with Crippen LogP contribution in [0.15, 0.2) is 71.6 Å². The minimum Gasteiger partial charge on any atom is -0.497 e. The lowest BCUT2D eigenvalue weighted by atomic mass is 9.98. The lowest BCUT2D eigenvalue weighted by Crippen LogP contribution is -1.96. The first-order valence-electron chi connectivity index (χ1n) is 7.69. The number of hydrogen-bond acceptors (Lipinski definition) is 3. The summed E-state index contributed by atoms with van der Waals surface area (Å²) in [5.41, 5.74) is 1.19. The van der Waals surface area contributed by atoms with E-state index in [9.17, 15) is 0 Å². The van der Waals surface area contributed by atoms with Crippen molar-refractivity contribution in [3.05, 3.63) is 82.0 Å². The number of thioether (sulfide) groups is 1. The minimum atomic E-state index is 0.0887. The second-order valence-electron chi connectivity index (χ2n) is 5.32. The molecule has 0 spiro atoms. The summed E-state index contributed by atoms with van der Waals surface area (Å²) in [4.78, 5) is 3.75. The molecule has 120 valence electrons. The molecule has 0 amide bonds. The third kappa shape index (κ3) is 4.23. The van der Waals surface area contributed by atoms with Crippen LogP contribution < -0.4 is 4.74 Å². The molecule has 0 saturated heterocycles. The molecule has 1 unspecified atom stereocenters. The number of thiophene rings is 1. The number of benzene rings is 2. The maximum absolute atomic E-state index is 5.26. The summed E-state index contributed by atoms with van der Waals surface area (Å²) >= 11 is 3.38. The number of hydrogen-bond donors (Lipinski definition) is 0. The Balaban J connectivity index is 1.87. The van der Waals surface area contributed by atoms with Gasteiger partial charge in [0, 0.05) is 14.6 Å². The molecule has 1 aromatic heterocycles. The zero-order chi connectivity index (χ0) is 16.8. The Labute approximate surface area is 151 Å². The zero-order valence-corrected chi connectivity index (χ0v) is 15.3. The van der Waals surface area contributed by atoms with Crippen LogP contribution in [0.2, 0.25) is 0 Å². The summed E-state index contributed by atoms with van der Waals surface area (Å²) in [5, 5.41) is 3.28. The summed E-state index contributed by atoms with van der Waals surface area (Å²) in [7, 11) is 1.69. The van der Waals surface area contributed by atoms with Gasteiger partial charge in [0.15, 0.2) is 0 Å². The van der Waals surface area contributed by atoms with E-state index in [1.54, 1.807) is 30.2 Å². The summed E-state index contributed by atoms with van der Waals surface area (Å²) in [5.74, 6) is 4.39. The summed E-state index contributed by atoms with van der Waals surface area (Å²) < 4.78 is 5.26. The molecule has 3 rings (SSSR count). The average Bonchev–Trinajstić information content (AvgIpc) is 3.06. The highest BCUT2D eigenvalue weighted by atomic mass is 32.2. The van der Waals surface area contributed by atoms with Crippen molar-refractivity contribution in [2.75, 3.05) is 7.11 Å². The van der Waals surface area contributed by atoms with Gasteiger partial charge < -0.3 is 4.74 Å². The number of aryl methyl sites for hydroxylation is 1. The van der Waals surface area contributed by atoms with Gasteiger partial charge in [-0.15, -0.1) is 11.3 Å². The third-order valence-corrected chi connectivity index (χ3v) is 5.40. The molecule has 0 aliphatic rings. The van der Waals surface area contributed by atoms with Crippen LogP contribution in [0.25, 0.3) is 0 Å². The van der Waals surface area contributed by atoms with E-state index in [-0.39, 0.29) is 5.92 Å². The second-order valence-corrected chi connectivity index (χ2v) is 7.52. The van der Waals surface area contributed by atoms with Crippen molar-refractivity contribution in [3.63, 3.8) is 0 Å².